The lowest BCUT2D eigenvalue weighted by atomic mass is 9.81. The van der Waals surface area contributed by atoms with E-state index in [1.54, 1.807) is 0 Å². The van der Waals surface area contributed by atoms with Crippen molar-refractivity contribution >= 4 is 11.8 Å². The summed E-state index contributed by atoms with van der Waals surface area (Å²) in [5.74, 6) is 0.863. The van der Waals surface area contributed by atoms with Gasteiger partial charge in [-0.25, -0.2) is 4.84 Å². The Morgan fingerprint density at radius 3 is 2.12 bits per heavy atom. The SMILES string of the molecule is O=C1C2CC3CC3CC2C(=O)N1OC1CO1. The second kappa shape index (κ2) is 2.84. The molecule has 5 nitrogen and oxygen atoms in total. The molecule has 0 aromatic rings. The number of nitrogens with zero attached hydrogens (tertiary/aromatic N) is 1. The zero-order valence-corrected chi connectivity index (χ0v) is 8.80. The average Bonchev–Trinajstić information content (AvgIpc) is 3.14. The van der Waals surface area contributed by atoms with Crippen LogP contribution < -0.4 is 0 Å². The molecule has 4 rings (SSSR count). The van der Waals surface area contributed by atoms with Crippen molar-refractivity contribution in [2.75, 3.05) is 6.61 Å². The lowest BCUT2D eigenvalue weighted by molar-refractivity contribution is -0.202. The van der Waals surface area contributed by atoms with Crippen LogP contribution in [0.4, 0.5) is 0 Å². The van der Waals surface area contributed by atoms with Crippen molar-refractivity contribution < 1.29 is 19.2 Å². The number of imide groups is 1. The van der Waals surface area contributed by atoms with Gasteiger partial charge in [0.1, 0.15) is 6.61 Å². The van der Waals surface area contributed by atoms with Gasteiger partial charge in [0, 0.05) is 0 Å². The number of carbonyl (C=O) groups is 2. The quantitative estimate of drug-likeness (QED) is 0.499. The van der Waals surface area contributed by atoms with Crippen LogP contribution in [0.5, 0.6) is 0 Å². The fraction of sp³-hybridized carbons (Fsp3) is 0.818. The number of hydroxylamine groups is 2. The summed E-state index contributed by atoms with van der Waals surface area (Å²) in [6.07, 6.45) is 2.60. The molecular formula is C11H13NO4. The van der Waals surface area contributed by atoms with E-state index >= 15 is 0 Å². The Labute approximate surface area is 92.6 Å². The molecule has 0 aromatic carbocycles. The van der Waals surface area contributed by atoms with E-state index in [2.05, 4.69) is 0 Å². The van der Waals surface area contributed by atoms with Crippen molar-refractivity contribution in [3.8, 4) is 0 Å². The molecule has 0 aromatic heterocycles. The van der Waals surface area contributed by atoms with Crippen molar-refractivity contribution in [2.24, 2.45) is 23.7 Å². The van der Waals surface area contributed by atoms with Gasteiger partial charge in [0.05, 0.1) is 11.8 Å². The molecule has 2 amide bonds. The Kier molecular flexibility index (Phi) is 1.62. The summed E-state index contributed by atoms with van der Waals surface area (Å²) in [4.78, 5) is 29.2. The minimum atomic E-state index is -0.373. The highest BCUT2D eigenvalue weighted by Gasteiger charge is 2.58. The molecule has 0 N–H and O–H groups in total. The number of hydrogen-bond acceptors (Lipinski definition) is 4. The highest BCUT2D eigenvalue weighted by Crippen LogP contribution is 2.56. The second-order valence-electron chi connectivity index (χ2n) is 5.28. The van der Waals surface area contributed by atoms with Crippen LogP contribution in [0.25, 0.3) is 0 Å². The van der Waals surface area contributed by atoms with Crippen LogP contribution in [0.3, 0.4) is 0 Å². The van der Waals surface area contributed by atoms with Gasteiger partial charge in [-0.15, -0.1) is 5.06 Å². The first-order valence-corrected chi connectivity index (χ1v) is 5.90. The molecule has 0 bridgehead atoms. The Bertz CT molecular complexity index is 350. The van der Waals surface area contributed by atoms with Gasteiger partial charge in [0.25, 0.3) is 11.8 Å². The first kappa shape index (κ1) is 9.13. The Morgan fingerprint density at radius 1 is 1.06 bits per heavy atom. The molecule has 4 fully saturated rings. The summed E-state index contributed by atoms with van der Waals surface area (Å²) >= 11 is 0. The molecule has 5 unspecified atom stereocenters. The summed E-state index contributed by atoms with van der Waals surface area (Å²) in [6.45, 7) is 0.484. The molecular weight excluding hydrogens is 210 g/mol. The maximum absolute atomic E-state index is 12.0. The number of carbonyl (C=O) groups excluding carboxylic acids is 2. The van der Waals surface area contributed by atoms with Crippen molar-refractivity contribution in [2.45, 2.75) is 25.6 Å². The first-order valence-electron chi connectivity index (χ1n) is 5.90. The summed E-state index contributed by atoms with van der Waals surface area (Å²) in [7, 11) is 0. The smallest absolute Gasteiger partial charge is 0.257 e. The summed E-state index contributed by atoms with van der Waals surface area (Å²) in [6, 6.07) is 0. The maximum Gasteiger partial charge on any atom is 0.257 e. The van der Waals surface area contributed by atoms with E-state index in [0.717, 1.165) is 17.9 Å². The molecule has 2 saturated carbocycles. The summed E-state index contributed by atoms with van der Waals surface area (Å²) in [5.41, 5.74) is 0. The molecule has 2 aliphatic heterocycles. The normalized spacial score (nSPS) is 49.0. The zero-order valence-electron chi connectivity index (χ0n) is 8.80. The van der Waals surface area contributed by atoms with E-state index in [-0.39, 0.29) is 29.9 Å². The van der Waals surface area contributed by atoms with Gasteiger partial charge < -0.3 is 4.74 Å². The van der Waals surface area contributed by atoms with Crippen LogP contribution in [-0.2, 0) is 19.2 Å². The van der Waals surface area contributed by atoms with E-state index in [1.165, 1.54) is 6.42 Å². The molecule has 2 saturated heterocycles. The highest BCUT2D eigenvalue weighted by atomic mass is 16.9. The first-order chi connectivity index (χ1) is 7.74. The standard InChI is InChI=1S/C11H13NO4/c13-10-7-2-5-1-6(5)3-8(7)11(14)12(10)16-9-4-15-9/h5-9H,1-4H2. The highest BCUT2D eigenvalue weighted by molar-refractivity contribution is 6.04. The second-order valence-corrected chi connectivity index (χ2v) is 5.28. The van der Waals surface area contributed by atoms with E-state index < -0.39 is 0 Å². The van der Waals surface area contributed by atoms with Crippen LogP contribution in [0.1, 0.15) is 19.3 Å². The molecule has 5 heteroatoms. The van der Waals surface area contributed by atoms with Gasteiger partial charge in [-0.3, -0.25) is 9.59 Å². The van der Waals surface area contributed by atoms with Gasteiger partial charge in [0.2, 0.25) is 6.29 Å². The molecule has 4 aliphatic rings. The molecule has 0 spiro atoms. The van der Waals surface area contributed by atoms with E-state index in [4.69, 9.17) is 9.57 Å². The summed E-state index contributed by atoms with van der Waals surface area (Å²) in [5, 5.41) is 0.970. The monoisotopic (exact) mass is 223 g/mol. The zero-order chi connectivity index (χ0) is 10.9. The van der Waals surface area contributed by atoms with Crippen molar-refractivity contribution in [1.82, 2.24) is 5.06 Å². The fourth-order valence-corrected chi connectivity index (χ4v) is 3.15. The van der Waals surface area contributed by atoms with E-state index in [9.17, 15) is 9.59 Å². The lowest BCUT2D eigenvalue weighted by Crippen LogP contribution is -2.32. The minimum absolute atomic E-state index is 0.116. The van der Waals surface area contributed by atoms with E-state index in [1.807, 2.05) is 0 Å². The van der Waals surface area contributed by atoms with Crippen molar-refractivity contribution in [3.05, 3.63) is 0 Å². The van der Waals surface area contributed by atoms with Gasteiger partial charge >= 0.3 is 0 Å². The third-order valence-electron chi connectivity index (χ3n) is 4.23. The molecule has 5 atom stereocenters. The van der Waals surface area contributed by atoms with Crippen molar-refractivity contribution in [1.29, 1.82) is 0 Å². The number of rotatable bonds is 2. The van der Waals surface area contributed by atoms with Gasteiger partial charge in [0.15, 0.2) is 0 Å². The molecule has 86 valence electrons. The molecule has 0 radical (unpaired) electrons. The van der Waals surface area contributed by atoms with E-state index in [0.29, 0.717) is 18.4 Å². The number of epoxide rings is 1. The average molecular weight is 223 g/mol. The third kappa shape index (κ3) is 1.18. The topological polar surface area (TPSA) is 59.1 Å². The predicted molar refractivity (Wildman–Crippen MR) is 50.5 cm³/mol. The molecule has 16 heavy (non-hydrogen) atoms. The Hall–Kier alpha value is -0.940. The predicted octanol–water partition coefficient (Wildman–Crippen LogP) is 0.305. The Morgan fingerprint density at radius 2 is 1.62 bits per heavy atom. The fourth-order valence-electron chi connectivity index (χ4n) is 3.15. The molecule has 2 aliphatic carbocycles. The summed E-state index contributed by atoms with van der Waals surface area (Å²) < 4.78 is 4.88. The van der Waals surface area contributed by atoms with Crippen molar-refractivity contribution in [3.63, 3.8) is 0 Å². The number of fused-ring (bicyclic) bond motifs is 2. The molecule has 2 heterocycles. The van der Waals surface area contributed by atoms with Crippen LogP contribution >= 0.6 is 0 Å². The minimum Gasteiger partial charge on any atom is -0.343 e. The van der Waals surface area contributed by atoms with Gasteiger partial charge in [-0.1, -0.05) is 0 Å². The van der Waals surface area contributed by atoms with Gasteiger partial charge in [-0.2, -0.15) is 0 Å². The maximum atomic E-state index is 12.0. The number of ether oxygens (including phenoxy) is 1. The van der Waals surface area contributed by atoms with Crippen LogP contribution in [-0.4, -0.2) is 29.8 Å². The largest absolute Gasteiger partial charge is 0.343 e. The number of hydrogen-bond donors (Lipinski definition) is 0. The third-order valence-corrected chi connectivity index (χ3v) is 4.23. The van der Waals surface area contributed by atoms with Crippen LogP contribution in [0.2, 0.25) is 0 Å². The van der Waals surface area contributed by atoms with Crippen LogP contribution in [0, 0.1) is 23.7 Å². The van der Waals surface area contributed by atoms with Crippen LogP contribution in [0.15, 0.2) is 0 Å². The number of amides is 2. The van der Waals surface area contributed by atoms with Gasteiger partial charge in [-0.05, 0) is 31.1 Å². The Balaban J connectivity index is 1.57. The lowest BCUT2D eigenvalue weighted by Gasteiger charge is -2.19.